The molecule has 1 aromatic rings. The van der Waals surface area contributed by atoms with E-state index in [1.807, 2.05) is 0 Å². The van der Waals surface area contributed by atoms with Gasteiger partial charge in [0.05, 0.1) is 7.11 Å². The number of methoxy groups -OCH3 is 1. The molecule has 3 rings (SSSR count). The van der Waals surface area contributed by atoms with Crippen LogP contribution in [0.1, 0.15) is 24.0 Å². The Kier molecular flexibility index (Phi) is 3.62. The number of anilines is 1. The third kappa shape index (κ3) is 2.42. The summed E-state index contributed by atoms with van der Waals surface area (Å²) in [4.78, 5) is 2.49. The fraction of sp³-hybridized carbons (Fsp3) is 0.600. The first-order valence-corrected chi connectivity index (χ1v) is 7.19. The van der Waals surface area contributed by atoms with Gasteiger partial charge < -0.3 is 20.7 Å². The van der Waals surface area contributed by atoms with Crippen LogP contribution in [0.15, 0.2) is 12.1 Å². The first-order chi connectivity index (χ1) is 9.29. The summed E-state index contributed by atoms with van der Waals surface area (Å²) in [6, 6.07) is 4.71. The molecule has 2 aliphatic rings. The van der Waals surface area contributed by atoms with Crippen molar-refractivity contribution in [3.8, 4) is 5.75 Å². The number of nitrogens with one attached hydrogen (secondary N) is 1. The summed E-state index contributed by atoms with van der Waals surface area (Å²) < 4.78 is 5.49. The maximum Gasteiger partial charge on any atom is 0.123 e. The van der Waals surface area contributed by atoms with E-state index in [1.54, 1.807) is 7.11 Å². The van der Waals surface area contributed by atoms with Gasteiger partial charge in [-0.3, -0.25) is 0 Å². The molecule has 2 aliphatic heterocycles. The number of benzene rings is 1. The number of piperidine rings is 1. The van der Waals surface area contributed by atoms with Crippen LogP contribution >= 0.6 is 0 Å². The second-order valence-corrected chi connectivity index (χ2v) is 5.50. The lowest BCUT2D eigenvalue weighted by Crippen LogP contribution is -2.40. The molecule has 2 heterocycles. The third-order valence-corrected chi connectivity index (χ3v) is 4.32. The van der Waals surface area contributed by atoms with E-state index >= 15 is 0 Å². The smallest absolute Gasteiger partial charge is 0.123 e. The van der Waals surface area contributed by atoms with E-state index < -0.39 is 0 Å². The van der Waals surface area contributed by atoms with Gasteiger partial charge in [-0.1, -0.05) is 0 Å². The molecule has 0 radical (unpaired) electrons. The quantitative estimate of drug-likeness (QED) is 0.842. The van der Waals surface area contributed by atoms with Gasteiger partial charge in [0.15, 0.2) is 0 Å². The van der Waals surface area contributed by atoms with E-state index in [1.165, 1.54) is 16.8 Å². The number of hydrogen-bond donors (Lipinski definition) is 2. The normalized spacial score (nSPS) is 20.2. The standard InChI is InChI=1S/C15H23N3O/c1-19-15-3-2-14(12-4-7-17-10-13(12)15)18-8-5-11(16)6-9-18/h2-3,11,17H,4-10,16H2,1H3. The van der Waals surface area contributed by atoms with Crippen molar-refractivity contribution in [1.82, 2.24) is 5.32 Å². The summed E-state index contributed by atoms with van der Waals surface area (Å²) in [6.45, 7) is 4.13. The highest BCUT2D eigenvalue weighted by atomic mass is 16.5. The lowest BCUT2D eigenvalue weighted by atomic mass is 9.95. The Labute approximate surface area is 114 Å². The zero-order valence-corrected chi connectivity index (χ0v) is 11.6. The highest BCUT2D eigenvalue weighted by molar-refractivity contribution is 5.62. The molecule has 4 heteroatoms. The first-order valence-electron chi connectivity index (χ1n) is 7.19. The van der Waals surface area contributed by atoms with Crippen molar-refractivity contribution in [2.75, 3.05) is 31.6 Å². The molecule has 19 heavy (non-hydrogen) atoms. The molecular weight excluding hydrogens is 238 g/mol. The number of hydrogen-bond acceptors (Lipinski definition) is 4. The van der Waals surface area contributed by atoms with Gasteiger partial charge in [0.2, 0.25) is 0 Å². The molecule has 1 fully saturated rings. The van der Waals surface area contributed by atoms with Crippen molar-refractivity contribution >= 4 is 5.69 Å². The van der Waals surface area contributed by atoms with Crippen molar-refractivity contribution in [3.05, 3.63) is 23.3 Å². The molecule has 0 aliphatic carbocycles. The van der Waals surface area contributed by atoms with E-state index in [9.17, 15) is 0 Å². The molecule has 1 aromatic carbocycles. The number of rotatable bonds is 2. The Morgan fingerprint density at radius 2 is 2.05 bits per heavy atom. The fourth-order valence-corrected chi connectivity index (χ4v) is 3.19. The van der Waals surface area contributed by atoms with Gasteiger partial charge in [0.1, 0.15) is 5.75 Å². The van der Waals surface area contributed by atoms with Crippen LogP contribution < -0.4 is 20.7 Å². The van der Waals surface area contributed by atoms with Crippen molar-refractivity contribution in [3.63, 3.8) is 0 Å². The number of nitrogens with two attached hydrogens (primary N) is 1. The minimum Gasteiger partial charge on any atom is -0.496 e. The van der Waals surface area contributed by atoms with Crippen molar-refractivity contribution in [2.24, 2.45) is 5.73 Å². The van der Waals surface area contributed by atoms with E-state index in [-0.39, 0.29) is 0 Å². The second-order valence-electron chi connectivity index (χ2n) is 5.50. The molecule has 0 spiro atoms. The van der Waals surface area contributed by atoms with Gasteiger partial charge in [0, 0.05) is 36.9 Å². The van der Waals surface area contributed by atoms with Gasteiger partial charge in [0.25, 0.3) is 0 Å². The average Bonchev–Trinajstić information content (AvgIpc) is 2.47. The van der Waals surface area contributed by atoms with Crippen LogP contribution in [0.2, 0.25) is 0 Å². The Hall–Kier alpha value is -1.26. The Balaban J connectivity index is 1.93. The average molecular weight is 261 g/mol. The fourth-order valence-electron chi connectivity index (χ4n) is 3.19. The van der Waals surface area contributed by atoms with Crippen LogP contribution in [0.4, 0.5) is 5.69 Å². The third-order valence-electron chi connectivity index (χ3n) is 4.32. The molecule has 0 saturated carbocycles. The van der Waals surface area contributed by atoms with E-state index in [0.29, 0.717) is 6.04 Å². The molecule has 0 unspecified atom stereocenters. The molecular formula is C15H23N3O. The van der Waals surface area contributed by atoms with Crippen LogP contribution in [0.3, 0.4) is 0 Å². The molecule has 1 saturated heterocycles. The minimum absolute atomic E-state index is 0.381. The topological polar surface area (TPSA) is 50.5 Å². The van der Waals surface area contributed by atoms with Gasteiger partial charge in [-0.25, -0.2) is 0 Å². The van der Waals surface area contributed by atoms with Crippen LogP contribution in [0.25, 0.3) is 0 Å². The summed E-state index contributed by atoms with van der Waals surface area (Å²) in [5, 5.41) is 3.43. The maximum atomic E-state index is 6.00. The van der Waals surface area contributed by atoms with E-state index in [4.69, 9.17) is 10.5 Å². The van der Waals surface area contributed by atoms with Crippen LogP contribution in [-0.4, -0.2) is 32.8 Å². The van der Waals surface area contributed by atoms with E-state index in [0.717, 1.165) is 51.2 Å². The van der Waals surface area contributed by atoms with E-state index in [2.05, 4.69) is 22.3 Å². The summed E-state index contributed by atoms with van der Waals surface area (Å²) in [5.74, 6) is 1.01. The molecule has 0 amide bonds. The first kappa shape index (κ1) is 12.8. The van der Waals surface area contributed by atoms with Crippen LogP contribution in [-0.2, 0) is 13.0 Å². The van der Waals surface area contributed by atoms with Crippen LogP contribution in [0, 0.1) is 0 Å². The van der Waals surface area contributed by atoms with Crippen LogP contribution in [0.5, 0.6) is 5.75 Å². The highest BCUT2D eigenvalue weighted by Gasteiger charge is 2.23. The SMILES string of the molecule is COc1ccc(N2CCC(N)CC2)c2c1CNCC2. The number of ether oxygens (including phenoxy) is 1. The summed E-state index contributed by atoms with van der Waals surface area (Å²) in [7, 11) is 1.75. The number of nitrogens with zero attached hydrogens (tertiary/aromatic N) is 1. The van der Waals surface area contributed by atoms with Gasteiger partial charge in [-0.2, -0.15) is 0 Å². The molecule has 0 aromatic heterocycles. The lowest BCUT2D eigenvalue weighted by molar-refractivity contribution is 0.404. The Morgan fingerprint density at radius 1 is 1.26 bits per heavy atom. The largest absolute Gasteiger partial charge is 0.496 e. The van der Waals surface area contributed by atoms with Crippen molar-refractivity contribution in [1.29, 1.82) is 0 Å². The zero-order valence-electron chi connectivity index (χ0n) is 11.6. The van der Waals surface area contributed by atoms with Crippen molar-refractivity contribution < 1.29 is 4.74 Å². The lowest BCUT2D eigenvalue weighted by Gasteiger charge is -2.35. The van der Waals surface area contributed by atoms with Gasteiger partial charge in [-0.05, 0) is 43.5 Å². The highest BCUT2D eigenvalue weighted by Crippen LogP contribution is 2.34. The molecule has 4 nitrogen and oxygen atoms in total. The number of fused-ring (bicyclic) bond motifs is 1. The predicted molar refractivity (Wildman–Crippen MR) is 77.8 cm³/mol. The maximum absolute atomic E-state index is 6.00. The Bertz CT molecular complexity index is 453. The summed E-state index contributed by atoms with van der Waals surface area (Å²) >= 11 is 0. The predicted octanol–water partition coefficient (Wildman–Crippen LogP) is 1.27. The Morgan fingerprint density at radius 3 is 2.79 bits per heavy atom. The molecule has 104 valence electrons. The zero-order chi connectivity index (χ0) is 13.2. The van der Waals surface area contributed by atoms with Gasteiger partial charge >= 0.3 is 0 Å². The molecule has 0 atom stereocenters. The molecule has 3 N–H and O–H groups in total. The second kappa shape index (κ2) is 5.39. The molecule has 0 bridgehead atoms. The van der Waals surface area contributed by atoms with Crippen molar-refractivity contribution in [2.45, 2.75) is 31.8 Å². The minimum atomic E-state index is 0.381. The summed E-state index contributed by atoms with van der Waals surface area (Å²) in [6.07, 6.45) is 3.28. The monoisotopic (exact) mass is 261 g/mol. The van der Waals surface area contributed by atoms with Gasteiger partial charge in [-0.15, -0.1) is 0 Å². The summed E-state index contributed by atoms with van der Waals surface area (Å²) in [5.41, 5.74) is 10.2.